The molecule has 0 bridgehead atoms. The number of phenols is 1. The van der Waals surface area contributed by atoms with Crippen LogP contribution in [0.5, 0.6) is 5.75 Å². The molecule has 3 aromatic rings. The molecule has 0 amide bonds. The minimum absolute atomic E-state index is 0.0595. The van der Waals surface area contributed by atoms with Gasteiger partial charge in [-0.05, 0) is 56.1 Å². The Balaban J connectivity index is 1.75. The van der Waals surface area contributed by atoms with Crippen molar-refractivity contribution < 1.29 is 14.2 Å². The van der Waals surface area contributed by atoms with Crippen LogP contribution in [-0.2, 0) is 4.74 Å². The van der Waals surface area contributed by atoms with Crippen LogP contribution in [0.15, 0.2) is 36.4 Å². The van der Waals surface area contributed by atoms with Crippen LogP contribution in [0, 0.1) is 12.7 Å². The van der Waals surface area contributed by atoms with Gasteiger partial charge in [-0.3, -0.25) is 0 Å². The van der Waals surface area contributed by atoms with Gasteiger partial charge in [-0.25, -0.2) is 9.37 Å². The number of H-pyrrole nitrogens is 1. The van der Waals surface area contributed by atoms with Crippen molar-refractivity contribution in [2.45, 2.75) is 32.0 Å². The van der Waals surface area contributed by atoms with E-state index in [-0.39, 0.29) is 11.9 Å². The smallest absolute Gasteiger partial charge is 0.141 e. The predicted octanol–water partition coefficient (Wildman–Crippen LogP) is 3.92. The number of benzene rings is 2. The molecule has 0 spiro atoms. The number of nitrogens with one attached hydrogen (secondary N) is 1. The number of aromatic hydroxyl groups is 1. The summed E-state index contributed by atoms with van der Waals surface area (Å²) in [5.41, 5.74) is 2.81. The molecule has 1 unspecified atom stereocenters. The van der Waals surface area contributed by atoms with Crippen LogP contribution in [0.25, 0.3) is 11.0 Å². The molecule has 6 heteroatoms. The summed E-state index contributed by atoms with van der Waals surface area (Å²) < 4.78 is 20.7. The highest BCUT2D eigenvalue weighted by Crippen LogP contribution is 2.34. The lowest BCUT2D eigenvalue weighted by atomic mass is 10.0. The van der Waals surface area contributed by atoms with Gasteiger partial charge in [0, 0.05) is 19.2 Å². The van der Waals surface area contributed by atoms with Gasteiger partial charge in [-0.1, -0.05) is 12.1 Å². The van der Waals surface area contributed by atoms with Crippen molar-refractivity contribution in [2.75, 3.05) is 20.1 Å². The molecular weight excluding hydrogens is 345 g/mol. The van der Waals surface area contributed by atoms with Crippen LogP contribution in [0.1, 0.15) is 35.9 Å². The number of piperidine rings is 1. The lowest BCUT2D eigenvalue weighted by Gasteiger charge is -2.32. The first-order chi connectivity index (χ1) is 13.0. The molecule has 142 valence electrons. The number of hydrogen-bond acceptors (Lipinski definition) is 4. The van der Waals surface area contributed by atoms with Crippen molar-refractivity contribution in [1.29, 1.82) is 0 Å². The summed E-state index contributed by atoms with van der Waals surface area (Å²) in [7, 11) is 2.10. The minimum atomic E-state index is -0.563. The lowest BCUT2D eigenvalue weighted by molar-refractivity contribution is -0.0268. The Bertz CT molecular complexity index is 915. The molecule has 1 fully saturated rings. The van der Waals surface area contributed by atoms with E-state index in [2.05, 4.69) is 21.9 Å². The van der Waals surface area contributed by atoms with Gasteiger partial charge in [0.2, 0.25) is 0 Å². The summed E-state index contributed by atoms with van der Waals surface area (Å²) in [6.45, 7) is 3.63. The van der Waals surface area contributed by atoms with Gasteiger partial charge in [-0.15, -0.1) is 0 Å². The molecule has 1 atom stereocenters. The van der Waals surface area contributed by atoms with Crippen molar-refractivity contribution in [3.05, 3.63) is 59.2 Å². The van der Waals surface area contributed by atoms with Gasteiger partial charge in [0.15, 0.2) is 0 Å². The summed E-state index contributed by atoms with van der Waals surface area (Å²) in [6, 6.07) is 10.5. The number of aromatic amines is 1. The largest absolute Gasteiger partial charge is 0.508 e. The van der Waals surface area contributed by atoms with Crippen molar-refractivity contribution in [1.82, 2.24) is 14.9 Å². The monoisotopic (exact) mass is 369 g/mol. The molecule has 0 saturated carbocycles. The highest BCUT2D eigenvalue weighted by atomic mass is 19.1. The third kappa shape index (κ3) is 3.68. The molecule has 1 aliphatic heterocycles. The van der Waals surface area contributed by atoms with E-state index in [1.807, 2.05) is 24.3 Å². The highest BCUT2D eigenvalue weighted by Gasteiger charge is 2.28. The Morgan fingerprint density at radius 1 is 1.26 bits per heavy atom. The van der Waals surface area contributed by atoms with E-state index in [9.17, 15) is 9.50 Å². The Kier molecular flexibility index (Phi) is 4.85. The SMILES string of the molecule is Cc1c(F)cc(O)cc1C(OC1CCN(C)CC1)c1nc2ccccc2[nH]1. The van der Waals surface area contributed by atoms with E-state index in [0.717, 1.165) is 43.0 Å². The molecule has 5 nitrogen and oxygen atoms in total. The maximum Gasteiger partial charge on any atom is 0.141 e. The molecule has 0 aliphatic carbocycles. The zero-order valence-electron chi connectivity index (χ0n) is 15.6. The molecule has 2 aromatic carbocycles. The van der Waals surface area contributed by atoms with Crippen molar-refractivity contribution >= 4 is 11.0 Å². The topological polar surface area (TPSA) is 61.4 Å². The minimum Gasteiger partial charge on any atom is -0.508 e. The number of para-hydroxylation sites is 2. The molecule has 27 heavy (non-hydrogen) atoms. The van der Waals surface area contributed by atoms with Gasteiger partial charge in [-0.2, -0.15) is 0 Å². The quantitative estimate of drug-likeness (QED) is 0.732. The summed E-state index contributed by atoms with van der Waals surface area (Å²) in [5, 5.41) is 9.96. The Hall–Kier alpha value is -2.44. The van der Waals surface area contributed by atoms with E-state index >= 15 is 0 Å². The molecule has 4 rings (SSSR count). The van der Waals surface area contributed by atoms with Crippen molar-refractivity contribution in [2.24, 2.45) is 0 Å². The first-order valence-corrected chi connectivity index (χ1v) is 9.29. The van der Waals surface area contributed by atoms with Gasteiger partial charge in [0.25, 0.3) is 0 Å². The van der Waals surface area contributed by atoms with Crippen molar-refractivity contribution in [3.63, 3.8) is 0 Å². The molecule has 2 heterocycles. The average Bonchev–Trinajstić information content (AvgIpc) is 3.08. The second kappa shape index (κ2) is 7.29. The van der Waals surface area contributed by atoms with Crippen LogP contribution in [0.2, 0.25) is 0 Å². The average molecular weight is 369 g/mol. The van der Waals surface area contributed by atoms with Crippen LogP contribution in [0.3, 0.4) is 0 Å². The second-order valence-corrected chi connectivity index (χ2v) is 7.30. The van der Waals surface area contributed by atoms with E-state index in [4.69, 9.17) is 4.74 Å². The molecule has 1 aliphatic rings. The van der Waals surface area contributed by atoms with E-state index in [1.54, 1.807) is 13.0 Å². The first-order valence-electron chi connectivity index (χ1n) is 9.29. The number of aromatic nitrogens is 2. The van der Waals surface area contributed by atoms with Gasteiger partial charge in [0.05, 0.1) is 17.1 Å². The molecule has 0 radical (unpaired) electrons. The van der Waals surface area contributed by atoms with Crippen LogP contribution >= 0.6 is 0 Å². The Morgan fingerprint density at radius 3 is 2.74 bits per heavy atom. The van der Waals surface area contributed by atoms with Gasteiger partial charge >= 0.3 is 0 Å². The van der Waals surface area contributed by atoms with Gasteiger partial charge < -0.3 is 19.7 Å². The van der Waals surface area contributed by atoms with Crippen LogP contribution in [0.4, 0.5) is 4.39 Å². The number of phenolic OH excluding ortho intramolecular Hbond substituents is 1. The van der Waals surface area contributed by atoms with E-state index < -0.39 is 11.9 Å². The number of imidazole rings is 1. The third-order valence-electron chi connectivity index (χ3n) is 5.30. The fraction of sp³-hybridized carbons (Fsp3) is 0.381. The summed E-state index contributed by atoms with van der Waals surface area (Å²) in [4.78, 5) is 10.3. The second-order valence-electron chi connectivity index (χ2n) is 7.30. The zero-order valence-corrected chi connectivity index (χ0v) is 15.6. The van der Waals surface area contributed by atoms with E-state index in [0.29, 0.717) is 17.0 Å². The van der Waals surface area contributed by atoms with Crippen molar-refractivity contribution in [3.8, 4) is 5.75 Å². The maximum atomic E-state index is 14.3. The zero-order chi connectivity index (χ0) is 19.0. The summed E-state index contributed by atoms with van der Waals surface area (Å²) in [6.07, 6.45) is 1.32. The lowest BCUT2D eigenvalue weighted by Crippen LogP contribution is -2.35. The molecule has 2 N–H and O–H groups in total. The number of hydrogen-bond donors (Lipinski definition) is 2. The van der Waals surface area contributed by atoms with Crippen LogP contribution < -0.4 is 0 Å². The number of halogens is 1. The number of ether oxygens (including phenoxy) is 1. The fourth-order valence-corrected chi connectivity index (χ4v) is 3.65. The van der Waals surface area contributed by atoms with E-state index in [1.165, 1.54) is 0 Å². The molecule has 1 saturated heterocycles. The third-order valence-corrected chi connectivity index (χ3v) is 5.30. The number of rotatable bonds is 4. The number of nitrogens with zero attached hydrogens (tertiary/aromatic N) is 2. The molecule has 1 aromatic heterocycles. The normalized spacial score (nSPS) is 17.4. The Morgan fingerprint density at radius 2 is 2.00 bits per heavy atom. The van der Waals surface area contributed by atoms with Gasteiger partial charge in [0.1, 0.15) is 23.5 Å². The first kappa shape index (κ1) is 17.9. The number of fused-ring (bicyclic) bond motifs is 1. The highest BCUT2D eigenvalue weighted by molar-refractivity contribution is 5.75. The maximum absolute atomic E-state index is 14.3. The molecular formula is C21H24FN3O2. The fourth-order valence-electron chi connectivity index (χ4n) is 3.65. The number of likely N-dealkylation sites (tertiary alicyclic amines) is 1. The standard InChI is InChI=1S/C21H24FN3O2/c1-13-16(11-14(26)12-17(13)22)20(27-15-7-9-25(2)10-8-15)21-23-18-5-3-4-6-19(18)24-21/h3-6,11-12,15,20,26H,7-10H2,1-2H3,(H,23,24). The predicted molar refractivity (Wildman–Crippen MR) is 102 cm³/mol. The summed E-state index contributed by atoms with van der Waals surface area (Å²) >= 11 is 0. The Labute approximate surface area is 157 Å². The van der Waals surface area contributed by atoms with Crippen LogP contribution in [-0.4, -0.2) is 46.2 Å². The summed E-state index contributed by atoms with van der Waals surface area (Å²) in [5.74, 6) is 0.0718.